The number of hydrogen-bond donors (Lipinski definition) is 0. The molecule has 3 heteroatoms. The van der Waals surface area contributed by atoms with Crippen molar-refractivity contribution in [1.82, 2.24) is 4.90 Å². The Labute approximate surface area is 120 Å². The fraction of sp³-hybridized carbons (Fsp3) is 0.588. The summed E-state index contributed by atoms with van der Waals surface area (Å²) in [6, 6.07) is 10.2. The SMILES string of the molecule is O=C1CC2(CCCC2)CN1CCOCc1ccccc1. The molecule has 3 nitrogen and oxygen atoms in total. The molecular formula is C17H23NO2. The number of likely N-dealkylation sites (tertiary alicyclic amines) is 1. The van der Waals surface area contributed by atoms with Crippen molar-refractivity contribution in [3.63, 3.8) is 0 Å². The highest BCUT2D eigenvalue weighted by Gasteiger charge is 2.44. The quantitative estimate of drug-likeness (QED) is 0.772. The molecule has 0 bridgehead atoms. The molecule has 1 saturated carbocycles. The lowest BCUT2D eigenvalue weighted by molar-refractivity contribution is -0.128. The number of amides is 1. The third-order valence-corrected chi connectivity index (χ3v) is 4.69. The van der Waals surface area contributed by atoms with Gasteiger partial charge in [-0.05, 0) is 23.8 Å². The first-order chi connectivity index (χ1) is 9.77. The van der Waals surface area contributed by atoms with E-state index in [9.17, 15) is 4.79 Å². The summed E-state index contributed by atoms with van der Waals surface area (Å²) in [7, 11) is 0. The lowest BCUT2D eigenvalue weighted by atomic mass is 9.85. The second-order valence-electron chi connectivity index (χ2n) is 6.24. The van der Waals surface area contributed by atoms with Gasteiger partial charge in [-0.2, -0.15) is 0 Å². The molecule has 108 valence electrons. The van der Waals surface area contributed by atoms with Gasteiger partial charge in [-0.3, -0.25) is 4.79 Å². The van der Waals surface area contributed by atoms with Crippen LogP contribution in [0.1, 0.15) is 37.7 Å². The van der Waals surface area contributed by atoms with Crippen LogP contribution in [0.5, 0.6) is 0 Å². The van der Waals surface area contributed by atoms with E-state index in [4.69, 9.17) is 4.74 Å². The second-order valence-corrected chi connectivity index (χ2v) is 6.24. The molecule has 1 amide bonds. The molecule has 1 aromatic carbocycles. The predicted molar refractivity (Wildman–Crippen MR) is 78.2 cm³/mol. The van der Waals surface area contributed by atoms with Gasteiger partial charge in [0, 0.05) is 19.5 Å². The molecule has 0 atom stereocenters. The molecule has 1 aliphatic heterocycles. The van der Waals surface area contributed by atoms with Crippen LogP contribution < -0.4 is 0 Å². The Balaban J connectivity index is 1.42. The number of rotatable bonds is 5. The van der Waals surface area contributed by atoms with Crippen LogP contribution in [0.3, 0.4) is 0 Å². The van der Waals surface area contributed by atoms with E-state index in [0.29, 0.717) is 24.5 Å². The lowest BCUT2D eigenvalue weighted by Crippen LogP contribution is -2.30. The van der Waals surface area contributed by atoms with Gasteiger partial charge in [-0.25, -0.2) is 0 Å². The van der Waals surface area contributed by atoms with E-state index in [2.05, 4.69) is 12.1 Å². The molecular weight excluding hydrogens is 250 g/mol. The number of ether oxygens (including phenoxy) is 1. The highest BCUT2D eigenvalue weighted by Crippen LogP contribution is 2.45. The van der Waals surface area contributed by atoms with Crippen LogP contribution in [0.25, 0.3) is 0 Å². The summed E-state index contributed by atoms with van der Waals surface area (Å²) in [5.41, 5.74) is 1.50. The predicted octanol–water partition coefficient (Wildman–Crippen LogP) is 3.00. The average Bonchev–Trinajstić information content (AvgIpc) is 3.04. The summed E-state index contributed by atoms with van der Waals surface area (Å²) < 4.78 is 5.69. The molecule has 1 saturated heterocycles. The minimum absolute atomic E-state index is 0.316. The number of benzene rings is 1. The third kappa shape index (κ3) is 3.04. The summed E-state index contributed by atoms with van der Waals surface area (Å²) in [6.07, 6.45) is 5.84. The van der Waals surface area contributed by atoms with Crippen LogP contribution in [0.15, 0.2) is 30.3 Å². The van der Waals surface area contributed by atoms with E-state index in [0.717, 1.165) is 19.5 Å². The topological polar surface area (TPSA) is 29.5 Å². The standard InChI is InChI=1S/C17H23NO2/c19-16-12-17(8-4-5-9-17)14-18(16)10-11-20-13-15-6-2-1-3-7-15/h1-3,6-7H,4-5,8-14H2. The minimum atomic E-state index is 0.316. The Morgan fingerprint density at radius 2 is 1.90 bits per heavy atom. The summed E-state index contributed by atoms with van der Waals surface area (Å²) in [5, 5.41) is 0. The summed E-state index contributed by atoms with van der Waals surface area (Å²) in [6.45, 7) is 2.97. The molecule has 0 radical (unpaired) electrons. The Morgan fingerprint density at radius 3 is 2.65 bits per heavy atom. The van der Waals surface area contributed by atoms with Crippen molar-refractivity contribution in [2.45, 2.75) is 38.7 Å². The van der Waals surface area contributed by atoms with Crippen molar-refractivity contribution in [2.24, 2.45) is 5.41 Å². The first kappa shape index (κ1) is 13.6. The molecule has 2 aliphatic rings. The zero-order chi connectivity index (χ0) is 13.8. The van der Waals surface area contributed by atoms with E-state index in [1.165, 1.54) is 31.2 Å². The van der Waals surface area contributed by atoms with Crippen LogP contribution in [-0.2, 0) is 16.1 Å². The van der Waals surface area contributed by atoms with E-state index in [-0.39, 0.29) is 0 Å². The zero-order valence-corrected chi connectivity index (χ0v) is 12.0. The largest absolute Gasteiger partial charge is 0.375 e. The van der Waals surface area contributed by atoms with E-state index < -0.39 is 0 Å². The van der Waals surface area contributed by atoms with Crippen molar-refractivity contribution in [3.8, 4) is 0 Å². The highest BCUT2D eigenvalue weighted by atomic mass is 16.5. The molecule has 2 fully saturated rings. The average molecular weight is 273 g/mol. The van der Waals surface area contributed by atoms with Crippen molar-refractivity contribution in [2.75, 3.05) is 19.7 Å². The Bertz CT molecular complexity index is 451. The van der Waals surface area contributed by atoms with Gasteiger partial charge in [0.2, 0.25) is 5.91 Å². The molecule has 1 aromatic rings. The summed E-state index contributed by atoms with van der Waals surface area (Å²) >= 11 is 0. The minimum Gasteiger partial charge on any atom is -0.375 e. The van der Waals surface area contributed by atoms with Gasteiger partial charge in [0.15, 0.2) is 0 Å². The van der Waals surface area contributed by atoms with E-state index in [1.54, 1.807) is 0 Å². The lowest BCUT2D eigenvalue weighted by Gasteiger charge is -2.22. The number of hydrogen-bond acceptors (Lipinski definition) is 2. The highest BCUT2D eigenvalue weighted by molar-refractivity contribution is 5.79. The normalized spacial score (nSPS) is 21.0. The molecule has 1 spiro atoms. The van der Waals surface area contributed by atoms with Gasteiger partial charge < -0.3 is 9.64 Å². The van der Waals surface area contributed by atoms with Gasteiger partial charge in [0.1, 0.15) is 0 Å². The molecule has 3 rings (SSSR count). The molecule has 1 heterocycles. The monoisotopic (exact) mass is 273 g/mol. The Kier molecular flexibility index (Phi) is 4.06. The fourth-order valence-electron chi connectivity index (χ4n) is 3.58. The van der Waals surface area contributed by atoms with Crippen molar-refractivity contribution in [3.05, 3.63) is 35.9 Å². The van der Waals surface area contributed by atoms with Gasteiger partial charge >= 0.3 is 0 Å². The fourth-order valence-corrected chi connectivity index (χ4v) is 3.58. The van der Waals surface area contributed by atoms with Crippen LogP contribution in [0.4, 0.5) is 0 Å². The first-order valence-electron chi connectivity index (χ1n) is 7.67. The van der Waals surface area contributed by atoms with E-state index in [1.807, 2.05) is 23.1 Å². The van der Waals surface area contributed by atoms with Gasteiger partial charge in [-0.15, -0.1) is 0 Å². The molecule has 0 N–H and O–H groups in total. The van der Waals surface area contributed by atoms with Crippen molar-refractivity contribution in [1.29, 1.82) is 0 Å². The van der Waals surface area contributed by atoms with Crippen LogP contribution in [-0.4, -0.2) is 30.5 Å². The van der Waals surface area contributed by atoms with Crippen LogP contribution in [0.2, 0.25) is 0 Å². The molecule has 1 aliphatic carbocycles. The Morgan fingerprint density at radius 1 is 1.15 bits per heavy atom. The van der Waals surface area contributed by atoms with Crippen molar-refractivity contribution >= 4 is 5.91 Å². The number of nitrogens with zero attached hydrogens (tertiary/aromatic N) is 1. The Hall–Kier alpha value is -1.35. The van der Waals surface area contributed by atoms with E-state index >= 15 is 0 Å². The maximum absolute atomic E-state index is 12.1. The molecule has 20 heavy (non-hydrogen) atoms. The zero-order valence-electron chi connectivity index (χ0n) is 12.0. The van der Waals surface area contributed by atoms with Gasteiger partial charge in [-0.1, -0.05) is 43.2 Å². The second kappa shape index (κ2) is 5.96. The number of carbonyl (C=O) groups is 1. The van der Waals surface area contributed by atoms with Crippen molar-refractivity contribution < 1.29 is 9.53 Å². The third-order valence-electron chi connectivity index (χ3n) is 4.69. The number of carbonyl (C=O) groups excluding carboxylic acids is 1. The van der Waals surface area contributed by atoms with Crippen LogP contribution in [0, 0.1) is 5.41 Å². The molecule has 0 unspecified atom stereocenters. The smallest absolute Gasteiger partial charge is 0.223 e. The summed E-state index contributed by atoms with van der Waals surface area (Å²) in [4.78, 5) is 14.1. The first-order valence-corrected chi connectivity index (χ1v) is 7.67. The van der Waals surface area contributed by atoms with Gasteiger partial charge in [0.05, 0.1) is 13.2 Å². The summed E-state index contributed by atoms with van der Waals surface area (Å²) in [5.74, 6) is 0.329. The maximum Gasteiger partial charge on any atom is 0.223 e. The maximum atomic E-state index is 12.1. The van der Waals surface area contributed by atoms with Gasteiger partial charge in [0.25, 0.3) is 0 Å². The molecule has 0 aromatic heterocycles. The van der Waals surface area contributed by atoms with Crippen LogP contribution >= 0.6 is 0 Å².